The second-order valence-electron chi connectivity index (χ2n) is 5.60. The highest BCUT2D eigenvalue weighted by Gasteiger charge is 2.32. The maximum atomic E-state index is 12.4. The Bertz CT molecular complexity index is 530. The number of likely N-dealkylation sites (tertiary alicyclic amines) is 1. The van der Waals surface area contributed by atoms with E-state index in [1.165, 1.54) is 11.8 Å². The predicted octanol–water partition coefficient (Wildman–Crippen LogP) is 2.99. The van der Waals surface area contributed by atoms with Gasteiger partial charge in [-0.15, -0.1) is 11.8 Å². The van der Waals surface area contributed by atoms with E-state index in [1.54, 1.807) is 16.7 Å². The van der Waals surface area contributed by atoms with Gasteiger partial charge in [-0.2, -0.15) is 0 Å². The molecule has 0 radical (unpaired) electrons. The van der Waals surface area contributed by atoms with E-state index in [2.05, 4.69) is 36.5 Å². The zero-order valence-electron chi connectivity index (χ0n) is 13.5. The van der Waals surface area contributed by atoms with Crippen LogP contribution in [0, 0.1) is 0 Å². The molecule has 0 aromatic heterocycles. The Labute approximate surface area is 136 Å². The summed E-state index contributed by atoms with van der Waals surface area (Å²) in [7, 11) is 0. The molecule has 0 aliphatic carbocycles. The van der Waals surface area contributed by atoms with E-state index in [-0.39, 0.29) is 23.9 Å². The molecule has 1 saturated heterocycles. The summed E-state index contributed by atoms with van der Waals surface area (Å²) >= 11 is 1.80. The smallest absolute Gasteiger partial charge is 0.243 e. The second-order valence-corrected chi connectivity index (χ2v) is 6.94. The first-order valence-corrected chi connectivity index (χ1v) is 8.81. The van der Waals surface area contributed by atoms with E-state index in [9.17, 15) is 9.59 Å². The fraction of sp³-hybridized carbons (Fsp3) is 0.529. The van der Waals surface area contributed by atoms with Gasteiger partial charge in [0.15, 0.2) is 0 Å². The molecule has 4 nitrogen and oxygen atoms in total. The summed E-state index contributed by atoms with van der Waals surface area (Å²) in [5.74, 6) is 0.979. The van der Waals surface area contributed by atoms with Crippen molar-refractivity contribution < 1.29 is 9.59 Å². The summed E-state index contributed by atoms with van der Waals surface area (Å²) in [4.78, 5) is 26.9. The number of rotatable bonds is 5. The SMILES string of the molecule is CCSc1ccc([C@H](C)NC(=O)[C@@H]2CCCN2C(C)=O)cc1. The average molecular weight is 320 g/mol. The van der Waals surface area contributed by atoms with Gasteiger partial charge in [0.25, 0.3) is 0 Å². The monoisotopic (exact) mass is 320 g/mol. The van der Waals surface area contributed by atoms with Crippen molar-refractivity contribution in [2.45, 2.75) is 50.6 Å². The number of hydrogen-bond donors (Lipinski definition) is 1. The fourth-order valence-electron chi connectivity index (χ4n) is 2.83. The van der Waals surface area contributed by atoms with Gasteiger partial charge in [-0.3, -0.25) is 9.59 Å². The molecule has 5 heteroatoms. The third-order valence-electron chi connectivity index (χ3n) is 4.01. The normalized spacial score (nSPS) is 19.0. The lowest BCUT2D eigenvalue weighted by molar-refractivity contribution is -0.137. The van der Waals surface area contributed by atoms with Crippen LogP contribution in [0.15, 0.2) is 29.2 Å². The summed E-state index contributed by atoms with van der Waals surface area (Å²) < 4.78 is 0. The molecular formula is C17H24N2O2S. The van der Waals surface area contributed by atoms with Crippen LogP contribution in [-0.2, 0) is 9.59 Å². The fourth-order valence-corrected chi connectivity index (χ4v) is 3.49. The third-order valence-corrected chi connectivity index (χ3v) is 4.90. The maximum Gasteiger partial charge on any atom is 0.243 e. The first-order valence-electron chi connectivity index (χ1n) is 7.83. The number of carbonyl (C=O) groups is 2. The Balaban J connectivity index is 1.97. The van der Waals surface area contributed by atoms with Crippen LogP contribution in [0.3, 0.4) is 0 Å². The van der Waals surface area contributed by atoms with Gasteiger partial charge in [-0.1, -0.05) is 19.1 Å². The second kappa shape index (κ2) is 7.68. The Hall–Kier alpha value is -1.49. The van der Waals surface area contributed by atoms with Gasteiger partial charge >= 0.3 is 0 Å². The Morgan fingerprint density at radius 2 is 2.05 bits per heavy atom. The number of thioether (sulfide) groups is 1. The van der Waals surface area contributed by atoms with Crippen molar-refractivity contribution in [1.82, 2.24) is 10.2 Å². The van der Waals surface area contributed by atoms with E-state index >= 15 is 0 Å². The highest BCUT2D eigenvalue weighted by atomic mass is 32.2. The quantitative estimate of drug-likeness (QED) is 0.849. The van der Waals surface area contributed by atoms with Gasteiger partial charge in [0.2, 0.25) is 11.8 Å². The molecule has 1 aliphatic rings. The number of amides is 2. The summed E-state index contributed by atoms with van der Waals surface area (Å²) in [5, 5.41) is 3.03. The third kappa shape index (κ3) is 4.03. The van der Waals surface area contributed by atoms with Crippen LogP contribution >= 0.6 is 11.8 Å². The molecule has 2 atom stereocenters. The molecule has 0 unspecified atom stereocenters. The molecule has 1 heterocycles. The zero-order chi connectivity index (χ0) is 16.1. The molecule has 1 aliphatic heterocycles. The van der Waals surface area contributed by atoms with Crippen LogP contribution in [0.2, 0.25) is 0 Å². The topological polar surface area (TPSA) is 49.4 Å². The summed E-state index contributed by atoms with van der Waals surface area (Å²) in [5.41, 5.74) is 1.08. The summed E-state index contributed by atoms with van der Waals surface area (Å²) in [6, 6.07) is 7.92. The van der Waals surface area contributed by atoms with Crippen molar-refractivity contribution in [1.29, 1.82) is 0 Å². The minimum Gasteiger partial charge on any atom is -0.348 e. The first-order chi connectivity index (χ1) is 10.5. The van der Waals surface area contributed by atoms with E-state index < -0.39 is 0 Å². The predicted molar refractivity (Wildman–Crippen MR) is 89.8 cm³/mol. The van der Waals surface area contributed by atoms with Gasteiger partial charge < -0.3 is 10.2 Å². The molecule has 2 amide bonds. The molecule has 2 rings (SSSR count). The molecule has 1 aromatic rings. The highest BCUT2D eigenvalue weighted by Crippen LogP contribution is 2.22. The van der Waals surface area contributed by atoms with Crippen LogP contribution in [-0.4, -0.2) is 35.1 Å². The Morgan fingerprint density at radius 3 is 2.64 bits per heavy atom. The van der Waals surface area contributed by atoms with Crippen molar-refractivity contribution in [3.63, 3.8) is 0 Å². The molecular weight excluding hydrogens is 296 g/mol. The number of benzene rings is 1. The number of nitrogens with zero attached hydrogens (tertiary/aromatic N) is 1. The van der Waals surface area contributed by atoms with Gasteiger partial charge in [0.1, 0.15) is 6.04 Å². The van der Waals surface area contributed by atoms with Gasteiger partial charge in [-0.25, -0.2) is 0 Å². The average Bonchev–Trinajstić information content (AvgIpc) is 2.98. The highest BCUT2D eigenvalue weighted by molar-refractivity contribution is 7.99. The van der Waals surface area contributed by atoms with Gasteiger partial charge in [-0.05, 0) is 43.2 Å². The number of hydrogen-bond acceptors (Lipinski definition) is 3. The molecule has 1 fully saturated rings. The van der Waals surface area contributed by atoms with Crippen molar-refractivity contribution in [3.05, 3.63) is 29.8 Å². The van der Waals surface area contributed by atoms with Crippen LogP contribution < -0.4 is 5.32 Å². The standard InChI is InChI=1S/C17H24N2O2S/c1-4-22-15-9-7-14(8-10-15)12(2)18-17(21)16-6-5-11-19(16)13(3)20/h7-10,12,16H,4-6,11H2,1-3H3,(H,18,21)/t12-,16-/m0/s1. The molecule has 1 N–H and O–H groups in total. The van der Waals surface area contributed by atoms with Crippen LogP contribution in [0.5, 0.6) is 0 Å². The maximum absolute atomic E-state index is 12.4. The lowest BCUT2D eigenvalue weighted by Gasteiger charge is -2.24. The van der Waals surface area contributed by atoms with E-state index in [4.69, 9.17) is 0 Å². The minimum atomic E-state index is -0.310. The van der Waals surface area contributed by atoms with Crippen molar-refractivity contribution in [2.24, 2.45) is 0 Å². The number of nitrogens with one attached hydrogen (secondary N) is 1. The van der Waals surface area contributed by atoms with Crippen molar-refractivity contribution in [2.75, 3.05) is 12.3 Å². The molecule has 22 heavy (non-hydrogen) atoms. The van der Waals surface area contributed by atoms with Gasteiger partial charge in [0.05, 0.1) is 6.04 Å². The van der Waals surface area contributed by atoms with E-state index in [0.29, 0.717) is 6.54 Å². The molecule has 1 aromatic carbocycles. The Kier molecular flexibility index (Phi) is 5.89. The van der Waals surface area contributed by atoms with Crippen molar-refractivity contribution in [3.8, 4) is 0 Å². The molecule has 0 spiro atoms. The lowest BCUT2D eigenvalue weighted by atomic mass is 10.1. The summed E-state index contributed by atoms with van der Waals surface area (Å²) in [6.07, 6.45) is 1.65. The van der Waals surface area contributed by atoms with E-state index in [0.717, 1.165) is 24.2 Å². The summed E-state index contributed by atoms with van der Waals surface area (Å²) in [6.45, 7) is 6.32. The number of carbonyl (C=O) groups excluding carboxylic acids is 2. The minimum absolute atomic E-state index is 0.0220. The Morgan fingerprint density at radius 1 is 1.36 bits per heavy atom. The van der Waals surface area contributed by atoms with Crippen LogP contribution in [0.25, 0.3) is 0 Å². The first kappa shape index (κ1) is 16.9. The molecule has 0 bridgehead atoms. The van der Waals surface area contributed by atoms with Crippen LogP contribution in [0.1, 0.15) is 45.2 Å². The molecule has 0 saturated carbocycles. The van der Waals surface area contributed by atoms with Crippen molar-refractivity contribution >= 4 is 23.6 Å². The van der Waals surface area contributed by atoms with Crippen LogP contribution in [0.4, 0.5) is 0 Å². The molecule has 120 valence electrons. The van der Waals surface area contributed by atoms with Gasteiger partial charge in [0, 0.05) is 18.4 Å². The zero-order valence-corrected chi connectivity index (χ0v) is 14.3. The van der Waals surface area contributed by atoms with E-state index in [1.807, 2.05) is 6.92 Å². The lowest BCUT2D eigenvalue weighted by Crippen LogP contribution is -2.45. The largest absolute Gasteiger partial charge is 0.348 e.